The number of nitrogens with one attached hydrogen (secondary N) is 1. The van der Waals surface area contributed by atoms with E-state index in [0.29, 0.717) is 11.5 Å². The lowest BCUT2D eigenvalue weighted by molar-refractivity contribution is 0.597. The van der Waals surface area contributed by atoms with Crippen molar-refractivity contribution in [2.45, 2.75) is 16.7 Å². The fourth-order valence-corrected chi connectivity index (χ4v) is 3.80. The summed E-state index contributed by atoms with van der Waals surface area (Å²) in [6.45, 7) is 1.75. The second-order valence-electron chi connectivity index (χ2n) is 4.80. The quantitative estimate of drug-likeness (QED) is 0.759. The zero-order valence-corrected chi connectivity index (χ0v) is 12.9. The number of hydrogen-bond acceptors (Lipinski definition) is 6. The third kappa shape index (κ3) is 2.08. The van der Waals surface area contributed by atoms with Crippen LogP contribution in [0.15, 0.2) is 46.2 Å². The van der Waals surface area contributed by atoms with Crippen molar-refractivity contribution in [3.05, 3.63) is 42.1 Å². The van der Waals surface area contributed by atoms with E-state index in [-0.39, 0.29) is 21.3 Å². The zero-order chi connectivity index (χ0) is 15.9. The molecule has 3 rings (SSSR count). The average Bonchev–Trinajstić information content (AvgIpc) is 2.87. The first-order valence-electron chi connectivity index (χ1n) is 6.59. The molecule has 114 valence electrons. The van der Waals surface area contributed by atoms with E-state index in [9.17, 15) is 8.42 Å². The Kier molecular flexibility index (Phi) is 3.25. The molecule has 7 nitrogen and oxygen atoms in total. The Bertz CT molecular complexity index is 948. The summed E-state index contributed by atoms with van der Waals surface area (Å²) in [5, 5.41) is 7.00. The third-order valence-electron chi connectivity index (χ3n) is 3.26. The normalized spacial score (nSPS) is 11.7. The first-order valence-corrected chi connectivity index (χ1v) is 8.07. The molecule has 0 spiro atoms. The van der Waals surface area contributed by atoms with Gasteiger partial charge in [0.25, 0.3) is 0 Å². The van der Waals surface area contributed by atoms with E-state index in [0.717, 1.165) is 0 Å². The number of aryl methyl sites for hydroxylation is 1. The molecule has 0 aliphatic carbocycles. The Labute approximate surface area is 127 Å². The van der Waals surface area contributed by atoms with Gasteiger partial charge in [-0.05, 0) is 19.1 Å². The molecule has 0 unspecified atom stereocenters. The van der Waals surface area contributed by atoms with Crippen molar-refractivity contribution >= 4 is 27.1 Å². The van der Waals surface area contributed by atoms with Gasteiger partial charge in [0.05, 0.1) is 4.90 Å². The van der Waals surface area contributed by atoms with Crippen molar-refractivity contribution in [2.75, 3.05) is 18.1 Å². The number of nitrogens with zero attached hydrogens (tertiary/aromatic N) is 3. The molecule has 0 atom stereocenters. The minimum absolute atomic E-state index is 0.0246. The minimum atomic E-state index is -3.76. The van der Waals surface area contributed by atoms with Crippen LogP contribution in [-0.2, 0) is 9.84 Å². The van der Waals surface area contributed by atoms with E-state index in [2.05, 4.69) is 15.4 Å². The van der Waals surface area contributed by atoms with Crippen LogP contribution in [0.25, 0.3) is 5.65 Å². The Morgan fingerprint density at radius 2 is 1.91 bits per heavy atom. The maximum absolute atomic E-state index is 12.9. The van der Waals surface area contributed by atoms with Crippen molar-refractivity contribution in [1.29, 1.82) is 0 Å². The highest BCUT2D eigenvalue weighted by atomic mass is 32.2. The maximum atomic E-state index is 12.9. The molecule has 0 amide bonds. The van der Waals surface area contributed by atoms with Crippen LogP contribution in [0.5, 0.6) is 0 Å². The first-order chi connectivity index (χ1) is 10.4. The molecular weight excluding hydrogens is 302 g/mol. The molecule has 0 bridgehead atoms. The van der Waals surface area contributed by atoms with Crippen molar-refractivity contribution in [3.8, 4) is 0 Å². The number of rotatable bonds is 3. The summed E-state index contributed by atoms with van der Waals surface area (Å²) in [4.78, 5) is 4.51. The smallest absolute Gasteiger partial charge is 0.214 e. The van der Waals surface area contributed by atoms with Crippen LogP contribution < -0.4 is 11.1 Å². The molecular formula is C14H15N5O2S. The van der Waals surface area contributed by atoms with Gasteiger partial charge in [0.1, 0.15) is 5.82 Å². The molecule has 0 radical (unpaired) electrons. The minimum Gasteiger partial charge on any atom is -0.384 e. The molecule has 0 aliphatic rings. The van der Waals surface area contributed by atoms with E-state index < -0.39 is 9.84 Å². The second kappa shape index (κ2) is 4.99. The fourth-order valence-electron chi connectivity index (χ4n) is 2.28. The van der Waals surface area contributed by atoms with Crippen LogP contribution in [0.4, 0.5) is 11.6 Å². The Balaban J connectivity index is 2.40. The Morgan fingerprint density at radius 1 is 1.23 bits per heavy atom. The van der Waals surface area contributed by atoms with Crippen molar-refractivity contribution in [2.24, 2.45) is 0 Å². The number of benzene rings is 1. The number of aromatic nitrogens is 3. The van der Waals surface area contributed by atoms with Crippen LogP contribution in [-0.4, -0.2) is 30.1 Å². The lowest BCUT2D eigenvalue weighted by Crippen LogP contribution is -2.06. The van der Waals surface area contributed by atoms with Crippen molar-refractivity contribution in [3.63, 3.8) is 0 Å². The van der Waals surface area contributed by atoms with E-state index >= 15 is 0 Å². The Morgan fingerprint density at radius 3 is 2.55 bits per heavy atom. The molecule has 0 saturated carbocycles. The third-order valence-corrected chi connectivity index (χ3v) is 5.07. The molecule has 3 N–H and O–H groups in total. The summed E-state index contributed by atoms with van der Waals surface area (Å²) < 4.78 is 27.2. The standard InChI is InChI=1S/C14H15N5O2S/c1-9-8-11(15)19-14(17-9)12(13(16-2)18-19)22(20,21)10-6-4-3-5-7-10/h3-8H,15H2,1-2H3,(H,16,18). The lowest BCUT2D eigenvalue weighted by Gasteiger charge is -2.05. The van der Waals surface area contributed by atoms with Crippen LogP contribution in [0.3, 0.4) is 0 Å². The summed E-state index contributed by atoms with van der Waals surface area (Å²) in [7, 11) is -2.16. The molecule has 22 heavy (non-hydrogen) atoms. The average molecular weight is 317 g/mol. The van der Waals surface area contributed by atoms with E-state index in [1.165, 1.54) is 16.6 Å². The molecule has 8 heteroatoms. The topological polar surface area (TPSA) is 102 Å². The summed E-state index contributed by atoms with van der Waals surface area (Å²) in [6.07, 6.45) is 0. The second-order valence-corrected chi connectivity index (χ2v) is 6.69. The van der Waals surface area contributed by atoms with Crippen LogP contribution >= 0.6 is 0 Å². The fraction of sp³-hybridized carbons (Fsp3) is 0.143. The molecule has 2 heterocycles. The van der Waals surface area contributed by atoms with Gasteiger partial charge in [-0.1, -0.05) is 18.2 Å². The van der Waals surface area contributed by atoms with Gasteiger partial charge in [0.2, 0.25) is 9.84 Å². The number of hydrogen-bond donors (Lipinski definition) is 2. The van der Waals surface area contributed by atoms with E-state index in [1.54, 1.807) is 38.2 Å². The van der Waals surface area contributed by atoms with Gasteiger partial charge >= 0.3 is 0 Å². The van der Waals surface area contributed by atoms with Gasteiger partial charge in [0.15, 0.2) is 16.4 Å². The predicted molar refractivity (Wildman–Crippen MR) is 83.6 cm³/mol. The van der Waals surface area contributed by atoms with Gasteiger partial charge in [0, 0.05) is 18.8 Å². The summed E-state index contributed by atoms with van der Waals surface area (Å²) in [5.74, 6) is 0.544. The van der Waals surface area contributed by atoms with Gasteiger partial charge < -0.3 is 11.1 Å². The number of nitrogens with two attached hydrogens (primary N) is 1. The molecule has 3 aromatic rings. The highest BCUT2D eigenvalue weighted by Gasteiger charge is 2.28. The zero-order valence-electron chi connectivity index (χ0n) is 12.1. The number of anilines is 2. The predicted octanol–water partition coefficient (Wildman–Crippen LogP) is 1.49. The SMILES string of the molecule is CNc1nn2c(N)cc(C)nc2c1S(=O)(=O)c1ccccc1. The molecule has 0 aliphatic heterocycles. The summed E-state index contributed by atoms with van der Waals surface area (Å²) in [6, 6.07) is 9.82. The van der Waals surface area contributed by atoms with Crippen molar-refractivity contribution in [1.82, 2.24) is 14.6 Å². The van der Waals surface area contributed by atoms with Crippen LogP contribution in [0.2, 0.25) is 0 Å². The maximum Gasteiger partial charge on any atom is 0.214 e. The lowest BCUT2D eigenvalue weighted by atomic mass is 10.4. The van der Waals surface area contributed by atoms with Crippen molar-refractivity contribution < 1.29 is 8.42 Å². The molecule has 0 fully saturated rings. The van der Waals surface area contributed by atoms with E-state index in [1.807, 2.05) is 0 Å². The van der Waals surface area contributed by atoms with Gasteiger partial charge in [-0.2, -0.15) is 4.52 Å². The molecule has 2 aromatic heterocycles. The summed E-state index contributed by atoms with van der Waals surface area (Å²) >= 11 is 0. The monoisotopic (exact) mass is 317 g/mol. The van der Waals surface area contributed by atoms with Crippen LogP contribution in [0.1, 0.15) is 5.69 Å². The van der Waals surface area contributed by atoms with E-state index in [4.69, 9.17) is 5.73 Å². The molecule has 1 aromatic carbocycles. The molecule has 0 saturated heterocycles. The highest BCUT2D eigenvalue weighted by Crippen LogP contribution is 2.31. The van der Waals surface area contributed by atoms with Crippen LogP contribution in [0, 0.1) is 6.92 Å². The Hall–Kier alpha value is -2.61. The highest BCUT2D eigenvalue weighted by molar-refractivity contribution is 7.91. The number of nitrogen functional groups attached to an aromatic ring is 1. The first kappa shape index (κ1) is 14.3. The summed E-state index contributed by atoms with van der Waals surface area (Å²) in [5.41, 5.74) is 6.75. The van der Waals surface area contributed by atoms with Gasteiger partial charge in [-0.15, -0.1) is 5.10 Å². The number of fused-ring (bicyclic) bond motifs is 1. The van der Waals surface area contributed by atoms with Gasteiger partial charge in [-0.3, -0.25) is 0 Å². The number of sulfone groups is 1. The van der Waals surface area contributed by atoms with Gasteiger partial charge in [-0.25, -0.2) is 13.4 Å². The largest absolute Gasteiger partial charge is 0.384 e.